The number of carbonyl (C=O) groups is 1. The molecule has 1 N–H and O–H groups in total. The van der Waals surface area contributed by atoms with Gasteiger partial charge in [0.05, 0.1) is 5.41 Å². The van der Waals surface area contributed by atoms with Gasteiger partial charge in [-0.1, -0.05) is 30.7 Å². The lowest BCUT2D eigenvalue weighted by Gasteiger charge is -2.40. The van der Waals surface area contributed by atoms with Crippen LogP contribution in [0, 0.1) is 5.82 Å². The third kappa shape index (κ3) is 2.63. The van der Waals surface area contributed by atoms with Gasteiger partial charge >= 0.3 is 0 Å². The number of hydrogen-bond acceptors (Lipinski definition) is 2. The lowest BCUT2D eigenvalue weighted by molar-refractivity contribution is -0.124. The summed E-state index contributed by atoms with van der Waals surface area (Å²) in [5.74, 6) is -0.405. The molecule has 1 amide bonds. The second kappa shape index (κ2) is 6.13. The summed E-state index contributed by atoms with van der Waals surface area (Å²) in [6, 6.07) is 14.3. The van der Waals surface area contributed by atoms with Crippen molar-refractivity contribution in [3.63, 3.8) is 0 Å². The lowest BCUT2D eigenvalue weighted by Crippen LogP contribution is -2.46. The summed E-state index contributed by atoms with van der Waals surface area (Å²) in [5.41, 5.74) is 0.556. The average molecular weight is 315 g/mol. The molecule has 1 aliphatic carbocycles. The summed E-state index contributed by atoms with van der Waals surface area (Å²) in [7, 11) is 0. The molecule has 2 aromatic rings. The standard InChI is InChI=1S/C18H18FNOS/c1-22-14-7-4-6-13(12-14)20-17(21)18(10-5-11-18)15-8-2-3-9-16(15)19/h2-4,6-9,12H,5,10-11H2,1H3,(H,20,21). The van der Waals surface area contributed by atoms with Crippen molar-refractivity contribution < 1.29 is 9.18 Å². The summed E-state index contributed by atoms with van der Waals surface area (Å²) in [4.78, 5) is 13.9. The minimum atomic E-state index is -0.722. The molecule has 3 rings (SSSR count). The largest absolute Gasteiger partial charge is 0.325 e. The minimum absolute atomic E-state index is 0.109. The molecule has 0 heterocycles. The number of rotatable bonds is 4. The predicted molar refractivity (Wildman–Crippen MR) is 88.8 cm³/mol. The van der Waals surface area contributed by atoms with Gasteiger partial charge in [-0.15, -0.1) is 11.8 Å². The molecule has 0 atom stereocenters. The maximum Gasteiger partial charge on any atom is 0.235 e. The molecule has 22 heavy (non-hydrogen) atoms. The molecule has 2 nitrogen and oxygen atoms in total. The van der Waals surface area contributed by atoms with E-state index in [0.717, 1.165) is 17.0 Å². The smallest absolute Gasteiger partial charge is 0.235 e. The summed E-state index contributed by atoms with van der Waals surface area (Å²) in [5, 5.41) is 2.97. The van der Waals surface area contributed by atoms with E-state index in [4.69, 9.17) is 0 Å². The number of nitrogens with one attached hydrogen (secondary N) is 1. The van der Waals surface area contributed by atoms with E-state index in [1.54, 1.807) is 30.0 Å². The van der Waals surface area contributed by atoms with Crippen molar-refractivity contribution in [3.05, 3.63) is 59.9 Å². The number of benzene rings is 2. The van der Waals surface area contributed by atoms with Gasteiger partial charge in [0.25, 0.3) is 0 Å². The van der Waals surface area contributed by atoms with Gasteiger partial charge in [0.1, 0.15) is 5.82 Å². The first-order valence-corrected chi connectivity index (χ1v) is 8.59. The highest BCUT2D eigenvalue weighted by atomic mass is 32.2. The highest BCUT2D eigenvalue weighted by Crippen LogP contribution is 2.45. The zero-order valence-corrected chi connectivity index (χ0v) is 13.3. The summed E-state index contributed by atoms with van der Waals surface area (Å²) in [6.45, 7) is 0. The van der Waals surface area contributed by atoms with Gasteiger partial charge in [-0.05, 0) is 43.4 Å². The van der Waals surface area contributed by atoms with E-state index in [9.17, 15) is 9.18 Å². The van der Waals surface area contributed by atoms with Crippen molar-refractivity contribution in [1.29, 1.82) is 0 Å². The van der Waals surface area contributed by atoms with Crippen LogP contribution in [0.15, 0.2) is 53.4 Å². The van der Waals surface area contributed by atoms with Crippen LogP contribution in [0.4, 0.5) is 10.1 Å². The molecule has 1 aliphatic rings. The van der Waals surface area contributed by atoms with Crippen LogP contribution < -0.4 is 5.32 Å². The van der Waals surface area contributed by atoms with E-state index in [1.165, 1.54) is 6.07 Å². The van der Waals surface area contributed by atoms with Crippen molar-refractivity contribution in [2.24, 2.45) is 0 Å². The quantitative estimate of drug-likeness (QED) is 0.835. The van der Waals surface area contributed by atoms with Gasteiger partial charge in [-0.2, -0.15) is 0 Å². The number of thioether (sulfide) groups is 1. The van der Waals surface area contributed by atoms with Crippen molar-refractivity contribution >= 4 is 23.4 Å². The van der Waals surface area contributed by atoms with Gasteiger partial charge in [-0.25, -0.2) is 4.39 Å². The molecular weight excluding hydrogens is 297 g/mol. The molecular formula is C18H18FNOS. The Balaban J connectivity index is 1.87. The van der Waals surface area contributed by atoms with Crippen molar-refractivity contribution in [3.8, 4) is 0 Å². The lowest BCUT2D eigenvalue weighted by atomic mass is 9.63. The van der Waals surface area contributed by atoms with Gasteiger partial charge in [0, 0.05) is 16.1 Å². The monoisotopic (exact) mass is 315 g/mol. The molecule has 0 radical (unpaired) electrons. The van der Waals surface area contributed by atoms with E-state index in [-0.39, 0.29) is 11.7 Å². The zero-order chi connectivity index (χ0) is 15.6. The molecule has 1 saturated carbocycles. The maximum absolute atomic E-state index is 14.1. The van der Waals surface area contributed by atoms with E-state index in [0.29, 0.717) is 18.4 Å². The fourth-order valence-electron chi connectivity index (χ4n) is 2.95. The molecule has 114 valence electrons. The highest BCUT2D eigenvalue weighted by molar-refractivity contribution is 7.98. The Labute approximate surface area is 134 Å². The van der Waals surface area contributed by atoms with Gasteiger partial charge in [0.15, 0.2) is 0 Å². The third-order valence-electron chi connectivity index (χ3n) is 4.36. The van der Waals surface area contributed by atoms with Crippen molar-refractivity contribution in [1.82, 2.24) is 0 Å². The number of hydrogen-bond donors (Lipinski definition) is 1. The molecule has 0 unspecified atom stereocenters. The molecule has 0 aliphatic heterocycles. The molecule has 0 bridgehead atoms. The predicted octanol–water partition coefficient (Wildman–Crippen LogP) is 4.61. The van der Waals surface area contributed by atoms with Gasteiger partial charge < -0.3 is 5.32 Å². The van der Waals surface area contributed by atoms with Crippen molar-refractivity contribution in [2.75, 3.05) is 11.6 Å². The van der Waals surface area contributed by atoms with Gasteiger partial charge in [-0.3, -0.25) is 4.79 Å². The number of amides is 1. The third-order valence-corrected chi connectivity index (χ3v) is 5.08. The average Bonchev–Trinajstić information content (AvgIpc) is 2.48. The van der Waals surface area contributed by atoms with Crippen LogP contribution in [0.5, 0.6) is 0 Å². The van der Waals surface area contributed by atoms with Crippen LogP contribution >= 0.6 is 11.8 Å². The first-order chi connectivity index (χ1) is 10.7. The van der Waals surface area contributed by atoms with Crippen LogP contribution in [0.25, 0.3) is 0 Å². The summed E-state index contributed by atoms with van der Waals surface area (Å²) < 4.78 is 14.1. The second-order valence-electron chi connectivity index (χ2n) is 5.60. The topological polar surface area (TPSA) is 29.1 Å². The molecule has 0 saturated heterocycles. The highest BCUT2D eigenvalue weighted by Gasteiger charge is 2.47. The molecule has 2 aromatic carbocycles. The molecule has 0 aromatic heterocycles. The number of halogens is 1. The Bertz CT molecular complexity index is 697. The normalized spacial score (nSPS) is 15.9. The van der Waals surface area contributed by atoms with E-state index in [1.807, 2.05) is 30.5 Å². The number of anilines is 1. The number of carbonyl (C=O) groups excluding carboxylic acids is 1. The zero-order valence-electron chi connectivity index (χ0n) is 12.4. The first-order valence-electron chi connectivity index (χ1n) is 7.36. The van der Waals surface area contributed by atoms with Crippen LogP contribution in [0.3, 0.4) is 0 Å². The second-order valence-corrected chi connectivity index (χ2v) is 6.48. The molecule has 1 fully saturated rings. The van der Waals surface area contributed by atoms with Crippen LogP contribution in [0.2, 0.25) is 0 Å². The Morgan fingerprint density at radius 1 is 1.18 bits per heavy atom. The maximum atomic E-state index is 14.1. The van der Waals surface area contributed by atoms with Crippen molar-refractivity contribution in [2.45, 2.75) is 29.6 Å². The minimum Gasteiger partial charge on any atom is -0.325 e. The van der Waals surface area contributed by atoms with E-state index < -0.39 is 5.41 Å². The van der Waals surface area contributed by atoms with Gasteiger partial charge in [0.2, 0.25) is 5.91 Å². The molecule has 4 heteroatoms. The van der Waals surface area contributed by atoms with E-state index >= 15 is 0 Å². The Morgan fingerprint density at radius 3 is 2.59 bits per heavy atom. The Morgan fingerprint density at radius 2 is 1.95 bits per heavy atom. The fourth-order valence-corrected chi connectivity index (χ4v) is 3.41. The Hall–Kier alpha value is -1.81. The summed E-state index contributed by atoms with van der Waals surface area (Å²) in [6.07, 6.45) is 4.34. The Kier molecular flexibility index (Phi) is 4.21. The molecule has 0 spiro atoms. The van der Waals surface area contributed by atoms with Crippen LogP contribution in [0.1, 0.15) is 24.8 Å². The van der Waals surface area contributed by atoms with Crippen LogP contribution in [-0.4, -0.2) is 12.2 Å². The fraction of sp³-hybridized carbons (Fsp3) is 0.278. The van der Waals surface area contributed by atoms with E-state index in [2.05, 4.69) is 5.32 Å². The summed E-state index contributed by atoms with van der Waals surface area (Å²) >= 11 is 1.62. The first kappa shape index (κ1) is 15.1. The van der Waals surface area contributed by atoms with Crippen LogP contribution in [-0.2, 0) is 10.2 Å². The SMILES string of the molecule is CSc1cccc(NC(=O)C2(c3ccccc3F)CCC2)c1.